The zero-order valence-electron chi connectivity index (χ0n) is 27.4. The van der Waals surface area contributed by atoms with E-state index in [1.165, 1.54) is 10.3 Å². The molecule has 0 saturated carbocycles. The van der Waals surface area contributed by atoms with Crippen molar-refractivity contribution in [3.8, 4) is 73.6 Å². The Hall–Kier alpha value is -6.74. The Balaban J connectivity index is 1.41. The van der Waals surface area contributed by atoms with E-state index in [9.17, 15) is 5.26 Å². The first-order valence-corrected chi connectivity index (χ1v) is 17.6. The van der Waals surface area contributed by atoms with Crippen LogP contribution in [0.3, 0.4) is 0 Å². The van der Waals surface area contributed by atoms with Gasteiger partial charge in [-0.1, -0.05) is 140 Å². The van der Waals surface area contributed by atoms with Gasteiger partial charge in [-0.2, -0.15) is 5.26 Å². The van der Waals surface area contributed by atoms with E-state index >= 15 is 0 Å². The lowest BCUT2D eigenvalue weighted by atomic mass is 9.93. The maximum Gasteiger partial charge on any atom is 0.164 e. The van der Waals surface area contributed by atoms with Crippen molar-refractivity contribution >= 4 is 31.5 Å². The number of aromatic nitrogens is 3. The Labute approximate surface area is 299 Å². The van der Waals surface area contributed by atoms with Gasteiger partial charge in [0.25, 0.3) is 0 Å². The van der Waals surface area contributed by atoms with Crippen LogP contribution in [0.2, 0.25) is 0 Å². The van der Waals surface area contributed by atoms with Crippen molar-refractivity contribution in [1.82, 2.24) is 15.0 Å². The zero-order valence-corrected chi connectivity index (χ0v) is 28.2. The molecule has 0 bridgehead atoms. The second-order valence-electron chi connectivity index (χ2n) is 12.3. The molecule has 4 nitrogen and oxygen atoms in total. The maximum atomic E-state index is 9.80. The lowest BCUT2D eigenvalue weighted by Crippen LogP contribution is -2.00. The molecule has 5 heteroatoms. The van der Waals surface area contributed by atoms with Crippen LogP contribution in [-0.4, -0.2) is 15.0 Å². The molecule has 0 unspecified atom stereocenters. The molecule has 7 aromatic carbocycles. The number of rotatable bonds is 6. The molecule has 9 rings (SSSR count). The van der Waals surface area contributed by atoms with Crippen LogP contribution in [0.4, 0.5) is 0 Å². The smallest absolute Gasteiger partial charge is 0.164 e. The third kappa shape index (κ3) is 5.64. The standard InChI is InChI=1S/C46H28N4S/c47-29-30-14-13-23-35(26-30)37-24-25-38(46-49-44(33-19-9-3-10-20-33)48-45(50-46)34-21-11-4-12-22-34)41-40-28-36(31-15-5-1-6-16-31)27-39(42(40)51-43(37)41)32-17-7-2-8-18-32/h1-28H. The lowest BCUT2D eigenvalue weighted by Gasteiger charge is -2.12. The first-order chi connectivity index (χ1) is 25.2. The van der Waals surface area contributed by atoms with Gasteiger partial charge in [-0.05, 0) is 58.1 Å². The Bertz CT molecular complexity index is 2680. The third-order valence-corrected chi connectivity index (χ3v) is 10.4. The highest BCUT2D eigenvalue weighted by Crippen LogP contribution is 2.49. The molecule has 0 aliphatic carbocycles. The quantitative estimate of drug-likeness (QED) is 0.177. The van der Waals surface area contributed by atoms with E-state index in [2.05, 4.69) is 97.1 Å². The summed E-state index contributed by atoms with van der Waals surface area (Å²) >= 11 is 1.78. The van der Waals surface area contributed by atoms with Gasteiger partial charge in [-0.3, -0.25) is 0 Å². The summed E-state index contributed by atoms with van der Waals surface area (Å²) in [4.78, 5) is 15.3. The van der Waals surface area contributed by atoms with Gasteiger partial charge in [0.1, 0.15) is 0 Å². The van der Waals surface area contributed by atoms with E-state index in [4.69, 9.17) is 15.0 Å². The molecule has 2 aromatic heterocycles. The topological polar surface area (TPSA) is 62.5 Å². The fourth-order valence-electron chi connectivity index (χ4n) is 6.71. The molecular formula is C46H28N4S. The SMILES string of the molecule is N#Cc1cccc(-c2ccc(-c3nc(-c4ccccc4)nc(-c4ccccc4)n3)c3c2sc2c(-c4ccccc4)cc(-c4ccccc4)cc23)c1. The van der Waals surface area contributed by atoms with Gasteiger partial charge in [-0.15, -0.1) is 11.3 Å². The van der Waals surface area contributed by atoms with Crippen LogP contribution < -0.4 is 0 Å². The molecule has 0 fully saturated rings. The van der Waals surface area contributed by atoms with E-state index < -0.39 is 0 Å². The predicted molar refractivity (Wildman–Crippen MR) is 210 cm³/mol. The molecule has 2 heterocycles. The predicted octanol–water partition coefficient (Wildman–Crippen LogP) is 12.1. The Kier molecular flexibility index (Phi) is 7.70. The first kappa shape index (κ1) is 30.3. The molecule has 0 radical (unpaired) electrons. The van der Waals surface area contributed by atoms with E-state index in [1.807, 2.05) is 78.9 Å². The number of nitriles is 1. The van der Waals surface area contributed by atoms with Gasteiger partial charge in [0, 0.05) is 42.4 Å². The average Bonchev–Trinajstić information content (AvgIpc) is 3.61. The van der Waals surface area contributed by atoms with Crippen molar-refractivity contribution in [1.29, 1.82) is 5.26 Å². The largest absolute Gasteiger partial charge is 0.208 e. The van der Waals surface area contributed by atoms with Crippen LogP contribution in [0.15, 0.2) is 170 Å². The Morgan fingerprint density at radius 1 is 0.392 bits per heavy atom. The van der Waals surface area contributed by atoms with Crippen LogP contribution in [-0.2, 0) is 0 Å². The van der Waals surface area contributed by atoms with Gasteiger partial charge in [0.2, 0.25) is 0 Å². The third-order valence-electron chi connectivity index (χ3n) is 9.15. The van der Waals surface area contributed by atoms with Crippen LogP contribution in [0.5, 0.6) is 0 Å². The normalized spacial score (nSPS) is 11.1. The number of benzene rings is 7. The van der Waals surface area contributed by atoms with E-state index in [0.29, 0.717) is 23.0 Å². The van der Waals surface area contributed by atoms with E-state index in [1.54, 1.807) is 11.3 Å². The molecule has 0 aliphatic rings. The van der Waals surface area contributed by atoms with Crippen molar-refractivity contribution in [2.45, 2.75) is 0 Å². The van der Waals surface area contributed by atoms with Gasteiger partial charge >= 0.3 is 0 Å². The van der Waals surface area contributed by atoms with Gasteiger partial charge in [0.05, 0.1) is 11.6 Å². The summed E-state index contributed by atoms with van der Waals surface area (Å²) in [5.74, 6) is 1.84. The van der Waals surface area contributed by atoms with Gasteiger partial charge in [0.15, 0.2) is 17.5 Å². The summed E-state index contributed by atoms with van der Waals surface area (Å²) in [5.41, 5.74) is 10.1. The number of nitrogens with zero attached hydrogens (tertiary/aromatic N) is 4. The molecule has 0 spiro atoms. The average molecular weight is 669 g/mol. The molecule has 0 aliphatic heterocycles. The molecule has 238 valence electrons. The minimum atomic E-state index is 0.608. The van der Waals surface area contributed by atoms with Crippen molar-refractivity contribution < 1.29 is 0 Å². The monoisotopic (exact) mass is 668 g/mol. The molecule has 0 amide bonds. The lowest BCUT2D eigenvalue weighted by molar-refractivity contribution is 1.08. The minimum Gasteiger partial charge on any atom is -0.208 e. The second-order valence-corrected chi connectivity index (χ2v) is 13.4. The summed E-state index contributed by atoms with van der Waals surface area (Å²) in [6.45, 7) is 0. The number of hydrogen-bond acceptors (Lipinski definition) is 5. The van der Waals surface area contributed by atoms with Crippen LogP contribution in [0, 0.1) is 11.3 Å². The van der Waals surface area contributed by atoms with Gasteiger partial charge in [-0.25, -0.2) is 15.0 Å². The summed E-state index contributed by atoms with van der Waals surface area (Å²) in [6, 6.07) is 60.4. The highest BCUT2D eigenvalue weighted by molar-refractivity contribution is 7.27. The number of hydrogen-bond donors (Lipinski definition) is 0. The zero-order chi connectivity index (χ0) is 34.1. The molecule has 9 aromatic rings. The molecule has 51 heavy (non-hydrogen) atoms. The molecular weight excluding hydrogens is 641 g/mol. The molecule has 0 N–H and O–H groups in total. The fourth-order valence-corrected chi connectivity index (χ4v) is 8.09. The molecule has 0 saturated heterocycles. The first-order valence-electron chi connectivity index (χ1n) is 16.8. The minimum absolute atomic E-state index is 0.608. The highest BCUT2D eigenvalue weighted by Gasteiger charge is 2.22. The summed E-state index contributed by atoms with van der Waals surface area (Å²) < 4.78 is 2.30. The van der Waals surface area contributed by atoms with E-state index in [-0.39, 0.29) is 0 Å². The summed E-state index contributed by atoms with van der Waals surface area (Å²) in [7, 11) is 0. The number of thiophene rings is 1. The van der Waals surface area contributed by atoms with Crippen molar-refractivity contribution in [2.24, 2.45) is 0 Å². The Morgan fingerprint density at radius 3 is 1.53 bits per heavy atom. The Morgan fingerprint density at radius 2 is 0.922 bits per heavy atom. The second kappa shape index (κ2) is 12.9. The molecule has 0 atom stereocenters. The number of fused-ring (bicyclic) bond motifs is 3. The van der Waals surface area contributed by atoms with Gasteiger partial charge < -0.3 is 0 Å². The fraction of sp³-hybridized carbons (Fsp3) is 0. The van der Waals surface area contributed by atoms with Crippen LogP contribution in [0.1, 0.15) is 5.56 Å². The summed E-state index contributed by atoms with van der Waals surface area (Å²) in [5, 5.41) is 12.0. The van der Waals surface area contributed by atoms with Crippen molar-refractivity contribution in [3.63, 3.8) is 0 Å². The van der Waals surface area contributed by atoms with Crippen molar-refractivity contribution in [3.05, 3.63) is 175 Å². The highest BCUT2D eigenvalue weighted by atomic mass is 32.1. The van der Waals surface area contributed by atoms with Crippen LogP contribution in [0.25, 0.3) is 87.7 Å². The summed E-state index contributed by atoms with van der Waals surface area (Å²) in [6.07, 6.45) is 0. The maximum absolute atomic E-state index is 9.80. The van der Waals surface area contributed by atoms with Crippen molar-refractivity contribution in [2.75, 3.05) is 0 Å². The van der Waals surface area contributed by atoms with E-state index in [0.717, 1.165) is 60.0 Å². The van der Waals surface area contributed by atoms with Crippen LogP contribution >= 0.6 is 11.3 Å².